The lowest BCUT2D eigenvalue weighted by atomic mass is 10.0. The Morgan fingerprint density at radius 2 is 2.00 bits per heavy atom. The van der Waals surface area contributed by atoms with Crippen LogP contribution in [0.2, 0.25) is 0 Å². The molecule has 1 aliphatic carbocycles. The Hall–Kier alpha value is -2.09. The Labute approximate surface area is 143 Å². The first-order chi connectivity index (χ1) is 11.8. The third-order valence-corrected chi connectivity index (χ3v) is 4.46. The van der Waals surface area contributed by atoms with E-state index in [2.05, 4.69) is 10.6 Å². The monoisotopic (exact) mass is 355 g/mol. The van der Waals surface area contributed by atoms with Crippen molar-refractivity contribution in [1.29, 1.82) is 0 Å². The predicted octanol–water partition coefficient (Wildman–Crippen LogP) is 1.67. The molecule has 1 aromatic rings. The number of amides is 2. The fourth-order valence-electron chi connectivity index (χ4n) is 3.02. The van der Waals surface area contributed by atoms with Crippen molar-refractivity contribution in [2.45, 2.75) is 44.1 Å². The molecule has 0 radical (unpaired) electrons. The second-order valence-corrected chi connectivity index (χ2v) is 6.48. The molecule has 1 heterocycles. The highest BCUT2D eigenvalue weighted by atomic mass is 19.4. The molecule has 3 rings (SSSR count). The van der Waals surface area contributed by atoms with E-state index in [9.17, 15) is 22.8 Å². The number of nitrogens with zero attached hydrogens (tertiary/aromatic N) is 1. The van der Waals surface area contributed by atoms with Gasteiger partial charge in [0.1, 0.15) is 0 Å². The minimum Gasteiger partial charge on any atom is -0.353 e. The molecule has 1 saturated carbocycles. The third-order valence-electron chi connectivity index (χ3n) is 4.46. The zero-order valence-electron chi connectivity index (χ0n) is 13.6. The van der Waals surface area contributed by atoms with Gasteiger partial charge in [-0.3, -0.25) is 14.5 Å². The molecule has 2 N–H and O–H groups in total. The quantitative estimate of drug-likeness (QED) is 0.845. The normalized spacial score (nSPS) is 21.7. The maximum Gasteiger partial charge on any atom is 0.416 e. The lowest BCUT2D eigenvalue weighted by Crippen LogP contribution is -2.56. The number of alkyl halides is 3. The lowest BCUT2D eigenvalue weighted by Gasteiger charge is -2.35. The smallest absolute Gasteiger partial charge is 0.353 e. The van der Waals surface area contributed by atoms with Crippen molar-refractivity contribution < 1.29 is 22.8 Å². The van der Waals surface area contributed by atoms with E-state index in [1.165, 1.54) is 12.1 Å². The van der Waals surface area contributed by atoms with Gasteiger partial charge in [0, 0.05) is 25.7 Å². The highest BCUT2D eigenvalue weighted by molar-refractivity contribution is 5.89. The van der Waals surface area contributed by atoms with E-state index in [-0.39, 0.29) is 36.4 Å². The molecular weight excluding hydrogens is 335 g/mol. The first kappa shape index (κ1) is 17.7. The molecular formula is C17H20F3N3O2. The third kappa shape index (κ3) is 4.50. The van der Waals surface area contributed by atoms with Crippen LogP contribution in [-0.2, 0) is 22.3 Å². The van der Waals surface area contributed by atoms with Gasteiger partial charge in [-0.15, -0.1) is 0 Å². The van der Waals surface area contributed by atoms with Crippen LogP contribution in [0, 0.1) is 0 Å². The molecule has 1 saturated heterocycles. The number of rotatable bonds is 5. The van der Waals surface area contributed by atoms with Gasteiger partial charge in [-0.25, -0.2) is 0 Å². The molecule has 2 fully saturated rings. The van der Waals surface area contributed by atoms with Crippen molar-refractivity contribution in [3.05, 3.63) is 35.4 Å². The number of halogens is 3. The number of piperazine rings is 1. The van der Waals surface area contributed by atoms with Crippen molar-refractivity contribution in [3.63, 3.8) is 0 Å². The maximum absolute atomic E-state index is 13.2. The zero-order chi connectivity index (χ0) is 18.0. The Balaban J connectivity index is 1.74. The average Bonchev–Trinajstić information content (AvgIpc) is 3.34. The number of carbonyl (C=O) groups excluding carboxylic acids is 2. The first-order valence-electron chi connectivity index (χ1n) is 8.31. The second kappa shape index (κ2) is 7.03. The van der Waals surface area contributed by atoms with Gasteiger partial charge < -0.3 is 10.6 Å². The Bertz CT molecular complexity index is 659. The van der Waals surface area contributed by atoms with E-state index in [0.29, 0.717) is 13.1 Å². The summed E-state index contributed by atoms with van der Waals surface area (Å²) in [6.07, 6.45) is -2.62. The average molecular weight is 355 g/mol. The molecule has 0 unspecified atom stereocenters. The summed E-state index contributed by atoms with van der Waals surface area (Å²) in [5, 5.41) is 5.50. The minimum atomic E-state index is -4.45. The molecule has 25 heavy (non-hydrogen) atoms. The fourth-order valence-corrected chi connectivity index (χ4v) is 3.02. The van der Waals surface area contributed by atoms with Crippen LogP contribution in [0.5, 0.6) is 0 Å². The molecule has 2 amide bonds. The molecule has 1 atom stereocenters. The van der Waals surface area contributed by atoms with Gasteiger partial charge in [0.2, 0.25) is 11.8 Å². The van der Waals surface area contributed by atoms with E-state index >= 15 is 0 Å². The van der Waals surface area contributed by atoms with E-state index < -0.39 is 17.8 Å². The summed E-state index contributed by atoms with van der Waals surface area (Å²) in [6.45, 7) is 0.734. The maximum atomic E-state index is 13.2. The number of benzene rings is 1. The van der Waals surface area contributed by atoms with E-state index in [4.69, 9.17) is 0 Å². The summed E-state index contributed by atoms with van der Waals surface area (Å²) in [5.41, 5.74) is -0.598. The van der Waals surface area contributed by atoms with Crippen LogP contribution >= 0.6 is 0 Å². The summed E-state index contributed by atoms with van der Waals surface area (Å²) in [7, 11) is 0. The van der Waals surface area contributed by atoms with Crippen molar-refractivity contribution in [1.82, 2.24) is 15.5 Å². The molecule has 2 aliphatic rings. The van der Waals surface area contributed by atoms with Crippen molar-refractivity contribution in [3.8, 4) is 0 Å². The van der Waals surface area contributed by atoms with Gasteiger partial charge in [-0.2, -0.15) is 13.2 Å². The van der Waals surface area contributed by atoms with Crippen LogP contribution in [0.1, 0.15) is 30.4 Å². The predicted molar refractivity (Wildman–Crippen MR) is 84.4 cm³/mol. The van der Waals surface area contributed by atoms with Gasteiger partial charge in [-0.1, -0.05) is 18.2 Å². The number of carbonyl (C=O) groups is 2. The highest BCUT2D eigenvalue weighted by Gasteiger charge is 2.36. The van der Waals surface area contributed by atoms with Crippen LogP contribution in [0.3, 0.4) is 0 Å². The van der Waals surface area contributed by atoms with Crippen LogP contribution in [-0.4, -0.2) is 41.9 Å². The summed E-state index contributed by atoms with van der Waals surface area (Å²) in [4.78, 5) is 25.8. The molecule has 1 aliphatic heterocycles. The number of nitrogens with one attached hydrogen (secondary N) is 2. The molecule has 136 valence electrons. The standard InChI is InChI=1S/C17H20F3N3O2/c18-17(19,20)13-4-2-1-3-11(13)10-23-8-7-21-16(25)14(23)9-15(24)22-12-5-6-12/h1-4,12,14H,5-10H2,(H,21,25)(H,22,24)/t14-/m0/s1. The topological polar surface area (TPSA) is 61.4 Å². The Morgan fingerprint density at radius 1 is 1.28 bits per heavy atom. The number of hydrogen-bond donors (Lipinski definition) is 2. The summed E-state index contributed by atoms with van der Waals surface area (Å²) >= 11 is 0. The van der Waals surface area contributed by atoms with Crippen LogP contribution < -0.4 is 10.6 Å². The minimum absolute atomic E-state index is 0.0233. The molecule has 5 nitrogen and oxygen atoms in total. The van der Waals surface area contributed by atoms with E-state index in [1.807, 2.05) is 0 Å². The lowest BCUT2D eigenvalue weighted by molar-refractivity contribution is -0.139. The molecule has 0 aromatic heterocycles. The van der Waals surface area contributed by atoms with Gasteiger partial charge in [-0.05, 0) is 24.5 Å². The Kier molecular flexibility index (Phi) is 4.99. The molecule has 1 aromatic carbocycles. The zero-order valence-corrected chi connectivity index (χ0v) is 13.6. The van der Waals surface area contributed by atoms with Crippen molar-refractivity contribution in [2.75, 3.05) is 13.1 Å². The molecule has 0 bridgehead atoms. The van der Waals surface area contributed by atoms with Gasteiger partial charge in [0.25, 0.3) is 0 Å². The van der Waals surface area contributed by atoms with Crippen LogP contribution in [0.4, 0.5) is 13.2 Å². The molecule has 0 spiro atoms. The van der Waals surface area contributed by atoms with Gasteiger partial charge in [0.05, 0.1) is 18.0 Å². The molecule has 8 heteroatoms. The summed E-state index contributed by atoms with van der Waals surface area (Å²) < 4.78 is 39.5. The van der Waals surface area contributed by atoms with Crippen LogP contribution in [0.25, 0.3) is 0 Å². The fraction of sp³-hybridized carbons (Fsp3) is 0.529. The summed E-state index contributed by atoms with van der Waals surface area (Å²) in [6, 6.07) is 4.76. The van der Waals surface area contributed by atoms with E-state index in [0.717, 1.165) is 18.9 Å². The summed E-state index contributed by atoms with van der Waals surface area (Å²) in [5.74, 6) is -0.555. The first-order valence-corrected chi connectivity index (χ1v) is 8.31. The van der Waals surface area contributed by atoms with Gasteiger partial charge >= 0.3 is 6.18 Å². The second-order valence-electron chi connectivity index (χ2n) is 6.48. The van der Waals surface area contributed by atoms with Crippen LogP contribution in [0.15, 0.2) is 24.3 Å². The van der Waals surface area contributed by atoms with Gasteiger partial charge in [0.15, 0.2) is 0 Å². The number of hydrogen-bond acceptors (Lipinski definition) is 3. The largest absolute Gasteiger partial charge is 0.416 e. The highest BCUT2D eigenvalue weighted by Crippen LogP contribution is 2.32. The van der Waals surface area contributed by atoms with Crippen molar-refractivity contribution in [2.24, 2.45) is 0 Å². The Morgan fingerprint density at radius 3 is 2.68 bits per heavy atom. The van der Waals surface area contributed by atoms with Crippen molar-refractivity contribution >= 4 is 11.8 Å². The van der Waals surface area contributed by atoms with E-state index in [1.54, 1.807) is 11.0 Å². The SMILES string of the molecule is O=C(C[C@H]1C(=O)NCCN1Cc1ccccc1C(F)(F)F)NC1CC1.